The van der Waals surface area contributed by atoms with Crippen LogP contribution in [0.25, 0.3) is 0 Å². The molecule has 0 amide bonds. The minimum Gasteiger partial charge on any atom is -0.409 e. The normalized spacial score (nSPS) is 33.8. The van der Waals surface area contributed by atoms with Gasteiger partial charge in [0.05, 0.1) is 19.3 Å². The predicted octanol–water partition coefficient (Wildman–Crippen LogP) is 3.25. The topological polar surface area (TPSA) is 57.2 Å². The van der Waals surface area contributed by atoms with E-state index in [1.54, 1.807) is 0 Å². The Bertz CT molecular complexity index is 571. The molecule has 6 heteroatoms. The molecule has 0 aromatic heterocycles. The maximum absolute atomic E-state index is 10.9. The van der Waals surface area contributed by atoms with Crippen LogP contribution in [0.4, 0.5) is 0 Å². The second-order valence-electron chi connectivity index (χ2n) is 8.46. The fourth-order valence-electron chi connectivity index (χ4n) is 2.96. The molecule has 0 aliphatic carbocycles. The van der Waals surface area contributed by atoms with Crippen LogP contribution in [0.5, 0.6) is 0 Å². The Hall–Kier alpha value is -0.763. The average Bonchev–Trinajstić information content (AvgIpc) is 2.57. The highest BCUT2D eigenvalue weighted by Crippen LogP contribution is 2.39. The number of aliphatic hydroxyl groups is 1. The Labute approximate surface area is 151 Å². The van der Waals surface area contributed by atoms with Gasteiger partial charge in [-0.3, -0.25) is 0 Å². The van der Waals surface area contributed by atoms with E-state index in [2.05, 4.69) is 33.9 Å². The maximum atomic E-state index is 10.9. The molecule has 2 aliphatic heterocycles. The lowest BCUT2D eigenvalue weighted by molar-refractivity contribution is -0.312. The average molecular weight is 367 g/mol. The van der Waals surface area contributed by atoms with Crippen LogP contribution in [0, 0.1) is 0 Å². The monoisotopic (exact) mass is 366 g/mol. The quantitative estimate of drug-likeness (QED) is 0.832. The third kappa shape index (κ3) is 3.99. The lowest BCUT2D eigenvalue weighted by Gasteiger charge is -2.47. The van der Waals surface area contributed by atoms with Crippen LogP contribution in [0.15, 0.2) is 30.3 Å². The SMILES string of the molecule is CC(C)(C)[Si](C)(C)O[C@H]1CO[C@@H]2CO[C@@H](c3ccccc3)OC2[C@@H]1O. The molecule has 25 heavy (non-hydrogen) atoms. The number of hydrogen-bond acceptors (Lipinski definition) is 5. The molecule has 0 saturated carbocycles. The van der Waals surface area contributed by atoms with E-state index < -0.39 is 26.8 Å². The van der Waals surface area contributed by atoms with Gasteiger partial charge in [0, 0.05) is 5.56 Å². The van der Waals surface area contributed by atoms with Crippen molar-refractivity contribution in [1.82, 2.24) is 0 Å². The van der Waals surface area contributed by atoms with Gasteiger partial charge in [-0.25, -0.2) is 0 Å². The second kappa shape index (κ2) is 7.10. The van der Waals surface area contributed by atoms with E-state index in [9.17, 15) is 5.11 Å². The molecule has 2 fully saturated rings. The highest BCUT2D eigenvalue weighted by molar-refractivity contribution is 6.74. The molecule has 5 nitrogen and oxygen atoms in total. The smallest absolute Gasteiger partial charge is 0.192 e. The van der Waals surface area contributed by atoms with Crippen molar-refractivity contribution in [2.75, 3.05) is 13.2 Å². The molecule has 140 valence electrons. The lowest BCUT2D eigenvalue weighted by Crippen LogP contribution is -2.61. The molecule has 5 atom stereocenters. The van der Waals surface area contributed by atoms with E-state index in [0.717, 1.165) is 5.56 Å². The minimum absolute atomic E-state index is 0.0761. The van der Waals surface area contributed by atoms with E-state index >= 15 is 0 Å². The van der Waals surface area contributed by atoms with Gasteiger partial charge >= 0.3 is 0 Å². The number of rotatable bonds is 3. The van der Waals surface area contributed by atoms with E-state index in [0.29, 0.717) is 13.2 Å². The number of hydrogen-bond donors (Lipinski definition) is 1. The van der Waals surface area contributed by atoms with Crippen LogP contribution in [0.1, 0.15) is 32.6 Å². The van der Waals surface area contributed by atoms with E-state index in [1.165, 1.54) is 0 Å². The van der Waals surface area contributed by atoms with Gasteiger partial charge in [0.25, 0.3) is 0 Å². The summed E-state index contributed by atoms with van der Waals surface area (Å²) >= 11 is 0. The van der Waals surface area contributed by atoms with Crippen molar-refractivity contribution in [2.24, 2.45) is 0 Å². The maximum Gasteiger partial charge on any atom is 0.192 e. The van der Waals surface area contributed by atoms with Crippen molar-refractivity contribution in [3.8, 4) is 0 Å². The molecule has 1 aromatic carbocycles. The van der Waals surface area contributed by atoms with Gasteiger partial charge in [-0.2, -0.15) is 0 Å². The number of fused-ring (bicyclic) bond motifs is 1. The van der Waals surface area contributed by atoms with Crippen LogP contribution < -0.4 is 0 Å². The molecule has 2 saturated heterocycles. The molecule has 2 aliphatic rings. The third-order valence-corrected chi connectivity index (χ3v) is 10.1. The Morgan fingerprint density at radius 1 is 1.08 bits per heavy atom. The van der Waals surface area contributed by atoms with Gasteiger partial charge in [0.2, 0.25) is 0 Å². The van der Waals surface area contributed by atoms with Crippen LogP contribution in [-0.4, -0.2) is 51.1 Å². The van der Waals surface area contributed by atoms with Gasteiger partial charge < -0.3 is 23.7 Å². The zero-order valence-corrected chi connectivity index (χ0v) is 16.8. The van der Waals surface area contributed by atoms with E-state index in [1.807, 2.05) is 30.3 Å². The summed E-state index contributed by atoms with van der Waals surface area (Å²) in [4.78, 5) is 0. The molecule has 1 N–H and O–H groups in total. The zero-order valence-electron chi connectivity index (χ0n) is 15.8. The van der Waals surface area contributed by atoms with Gasteiger partial charge in [0.1, 0.15) is 18.3 Å². The van der Waals surface area contributed by atoms with Gasteiger partial charge in [-0.15, -0.1) is 0 Å². The Kier molecular flexibility index (Phi) is 5.40. The molecule has 0 bridgehead atoms. The predicted molar refractivity (Wildman–Crippen MR) is 97.8 cm³/mol. The van der Waals surface area contributed by atoms with Crippen molar-refractivity contribution >= 4 is 8.32 Å². The third-order valence-electron chi connectivity index (χ3n) is 5.58. The molecule has 1 aromatic rings. The Morgan fingerprint density at radius 3 is 2.40 bits per heavy atom. The number of benzene rings is 1. The van der Waals surface area contributed by atoms with Crippen molar-refractivity contribution in [2.45, 2.75) is 69.6 Å². The first-order valence-electron chi connectivity index (χ1n) is 8.98. The van der Waals surface area contributed by atoms with Crippen LogP contribution in [-0.2, 0) is 18.6 Å². The molecule has 0 spiro atoms. The van der Waals surface area contributed by atoms with Crippen LogP contribution in [0.3, 0.4) is 0 Å². The first kappa shape index (κ1) is 19.0. The highest BCUT2D eigenvalue weighted by Gasteiger charge is 2.48. The molecule has 0 radical (unpaired) electrons. The summed E-state index contributed by atoms with van der Waals surface area (Å²) < 4.78 is 24.1. The first-order valence-corrected chi connectivity index (χ1v) is 11.9. The summed E-state index contributed by atoms with van der Waals surface area (Å²) in [6.45, 7) is 11.7. The largest absolute Gasteiger partial charge is 0.409 e. The van der Waals surface area contributed by atoms with Gasteiger partial charge in [-0.1, -0.05) is 51.1 Å². The Balaban J connectivity index is 1.70. The van der Waals surface area contributed by atoms with Crippen molar-refractivity contribution in [1.29, 1.82) is 0 Å². The Morgan fingerprint density at radius 2 is 1.76 bits per heavy atom. The summed E-state index contributed by atoms with van der Waals surface area (Å²) in [6.07, 6.45) is -2.26. The minimum atomic E-state index is -2.00. The second-order valence-corrected chi connectivity index (χ2v) is 13.2. The van der Waals surface area contributed by atoms with Crippen LogP contribution >= 0.6 is 0 Å². The fraction of sp³-hybridized carbons (Fsp3) is 0.684. The first-order chi connectivity index (χ1) is 11.7. The van der Waals surface area contributed by atoms with Crippen LogP contribution in [0.2, 0.25) is 18.1 Å². The summed E-state index contributed by atoms with van der Waals surface area (Å²) in [7, 11) is -2.00. The zero-order chi connectivity index (χ0) is 18.2. The number of aliphatic hydroxyl groups excluding tert-OH is 1. The summed E-state index contributed by atoms with van der Waals surface area (Å²) in [5.41, 5.74) is 0.945. The highest BCUT2D eigenvalue weighted by atomic mass is 28.4. The van der Waals surface area contributed by atoms with Crippen molar-refractivity contribution in [3.63, 3.8) is 0 Å². The fourth-order valence-corrected chi connectivity index (χ4v) is 4.28. The molecular weight excluding hydrogens is 336 g/mol. The lowest BCUT2D eigenvalue weighted by atomic mass is 9.99. The molecule has 2 heterocycles. The number of ether oxygens (including phenoxy) is 3. The van der Waals surface area contributed by atoms with Crippen molar-refractivity contribution < 1.29 is 23.7 Å². The molecular formula is C19H30O5Si. The van der Waals surface area contributed by atoms with E-state index in [-0.39, 0.29) is 17.2 Å². The van der Waals surface area contributed by atoms with Gasteiger partial charge in [-0.05, 0) is 18.1 Å². The molecule has 3 rings (SSSR count). The summed E-state index contributed by atoms with van der Waals surface area (Å²) in [5, 5.41) is 11.0. The summed E-state index contributed by atoms with van der Waals surface area (Å²) in [6, 6.07) is 9.78. The van der Waals surface area contributed by atoms with Crippen molar-refractivity contribution in [3.05, 3.63) is 35.9 Å². The van der Waals surface area contributed by atoms with E-state index in [4.69, 9.17) is 18.6 Å². The molecule has 1 unspecified atom stereocenters. The van der Waals surface area contributed by atoms with Gasteiger partial charge in [0.15, 0.2) is 14.6 Å². The standard InChI is InChI=1S/C19H30O5Si/c1-19(2,3)25(4,5)24-14-11-21-15-12-22-18(23-17(15)16(14)20)13-9-7-6-8-10-13/h6-10,14-18,20H,11-12H2,1-5H3/t14-,15+,16+,17?,18+/m0/s1. The summed E-state index contributed by atoms with van der Waals surface area (Å²) in [5.74, 6) is 0.